The minimum absolute atomic E-state index is 0.196. The number of benzene rings is 2. The predicted octanol–water partition coefficient (Wildman–Crippen LogP) is 5.15. The molecule has 0 saturated carbocycles. The van der Waals surface area contributed by atoms with Gasteiger partial charge in [0.05, 0.1) is 6.54 Å². The highest BCUT2D eigenvalue weighted by atomic mass is 35.5. The van der Waals surface area contributed by atoms with E-state index in [4.69, 9.17) is 11.6 Å². The molecule has 0 bridgehead atoms. The summed E-state index contributed by atoms with van der Waals surface area (Å²) >= 11 is 5.91. The molecular formula is C24H22ClN3O2. The number of aromatic nitrogens is 1. The van der Waals surface area contributed by atoms with Crippen LogP contribution in [-0.4, -0.2) is 21.4 Å². The maximum atomic E-state index is 12.8. The number of urea groups is 1. The number of nitrogens with one attached hydrogen (secondary N) is 1. The SMILES string of the molecule is Cc1ccc(-n2c(C)cc(/C=C3/NC(=O)N(Cc4ccc(Cl)cc4)C3=O)c2C)cc1. The lowest BCUT2D eigenvalue weighted by atomic mass is 10.2. The van der Waals surface area contributed by atoms with Gasteiger partial charge in [0.25, 0.3) is 5.91 Å². The molecule has 30 heavy (non-hydrogen) atoms. The van der Waals surface area contributed by atoms with Crippen LogP contribution in [0, 0.1) is 20.8 Å². The molecule has 152 valence electrons. The molecular weight excluding hydrogens is 398 g/mol. The van der Waals surface area contributed by atoms with Crippen LogP contribution in [0.3, 0.4) is 0 Å². The lowest BCUT2D eigenvalue weighted by molar-refractivity contribution is -0.123. The lowest BCUT2D eigenvalue weighted by Crippen LogP contribution is -2.30. The van der Waals surface area contributed by atoms with Gasteiger partial charge >= 0.3 is 6.03 Å². The number of nitrogens with zero attached hydrogens (tertiary/aromatic N) is 2. The van der Waals surface area contributed by atoms with Crippen LogP contribution in [0.1, 0.15) is 28.1 Å². The maximum absolute atomic E-state index is 12.8. The Morgan fingerprint density at radius 1 is 0.967 bits per heavy atom. The smallest absolute Gasteiger partial charge is 0.318 e. The second-order valence-electron chi connectivity index (χ2n) is 7.50. The van der Waals surface area contributed by atoms with Crippen LogP contribution in [0.25, 0.3) is 11.8 Å². The molecule has 5 nitrogen and oxygen atoms in total. The minimum Gasteiger partial charge on any atom is -0.318 e. The fourth-order valence-electron chi connectivity index (χ4n) is 3.67. The fourth-order valence-corrected chi connectivity index (χ4v) is 3.79. The van der Waals surface area contributed by atoms with Crippen molar-refractivity contribution in [3.8, 4) is 5.69 Å². The van der Waals surface area contributed by atoms with Crippen molar-refractivity contribution in [2.45, 2.75) is 27.3 Å². The van der Waals surface area contributed by atoms with Crippen molar-refractivity contribution < 1.29 is 9.59 Å². The van der Waals surface area contributed by atoms with Gasteiger partial charge in [-0.2, -0.15) is 0 Å². The number of rotatable bonds is 4. The third-order valence-corrected chi connectivity index (χ3v) is 5.53. The molecule has 0 unspecified atom stereocenters. The van der Waals surface area contributed by atoms with E-state index in [2.05, 4.69) is 41.1 Å². The highest BCUT2D eigenvalue weighted by molar-refractivity contribution is 6.30. The average Bonchev–Trinajstić information content (AvgIpc) is 3.14. The molecule has 0 radical (unpaired) electrons. The lowest BCUT2D eigenvalue weighted by Gasteiger charge is -2.11. The van der Waals surface area contributed by atoms with Crippen molar-refractivity contribution in [2.75, 3.05) is 0 Å². The Kier molecular flexibility index (Phi) is 5.22. The number of carbonyl (C=O) groups is 2. The van der Waals surface area contributed by atoms with Crippen LogP contribution >= 0.6 is 11.6 Å². The Labute approximate surface area is 180 Å². The topological polar surface area (TPSA) is 54.3 Å². The first kappa shape index (κ1) is 20.0. The standard InChI is InChI=1S/C24H22ClN3O2/c1-15-4-10-21(11-5-15)28-16(2)12-19(17(28)3)13-22-23(29)27(24(30)26-22)14-18-6-8-20(25)9-7-18/h4-13H,14H2,1-3H3,(H,26,30)/b22-13+. The Hall–Kier alpha value is -3.31. The second kappa shape index (κ2) is 7.84. The first-order valence-corrected chi connectivity index (χ1v) is 10.1. The summed E-state index contributed by atoms with van der Waals surface area (Å²) < 4.78 is 2.14. The van der Waals surface area contributed by atoms with Crippen molar-refractivity contribution in [2.24, 2.45) is 0 Å². The van der Waals surface area contributed by atoms with Crippen LogP contribution in [0.15, 0.2) is 60.3 Å². The van der Waals surface area contributed by atoms with Gasteiger partial charge in [-0.25, -0.2) is 4.79 Å². The first-order chi connectivity index (χ1) is 14.3. The van der Waals surface area contributed by atoms with Gasteiger partial charge in [-0.1, -0.05) is 41.4 Å². The molecule has 1 aliphatic heterocycles. The maximum Gasteiger partial charge on any atom is 0.329 e. The van der Waals surface area contributed by atoms with E-state index >= 15 is 0 Å². The van der Waals surface area contributed by atoms with E-state index in [0.29, 0.717) is 5.02 Å². The zero-order valence-electron chi connectivity index (χ0n) is 17.1. The Morgan fingerprint density at radius 3 is 2.30 bits per heavy atom. The molecule has 1 saturated heterocycles. The fraction of sp³-hybridized carbons (Fsp3) is 0.167. The predicted molar refractivity (Wildman–Crippen MR) is 118 cm³/mol. The molecule has 4 rings (SSSR count). The summed E-state index contributed by atoms with van der Waals surface area (Å²) in [7, 11) is 0. The summed E-state index contributed by atoms with van der Waals surface area (Å²) in [6.07, 6.45) is 1.75. The van der Waals surface area contributed by atoms with Crippen LogP contribution in [-0.2, 0) is 11.3 Å². The van der Waals surface area contributed by atoms with Gasteiger partial charge in [0.1, 0.15) is 5.70 Å². The van der Waals surface area contributed by atoms with Crippen molar-refractivity contribution in [1.82, 2.24) is 14.8 Å². The van der Waals surface area contributed by atoms with Crippen molar-refractivity contribution in [1.29, 1.82) is 0 Å². The molecule has 6 heteroatoms. The van der Waals surface area contributed by atoms with Crippen LogP contribution in [0.2, 0.25) is 5.02 Å². The molecule has 0 atom stereocenters. The molecule has 0 aliphatic carbocycles. The van der Waals surface area contributed by atoms with Gasteiger partial charge in [0, 0.05) is 22.1 Å². The Morgan fingerprint density at radius 2 is 1.63 bits per heavy atom. The quantitative estimate of drug-likeness (QED) is 0.469. The summed E-state index contributed by atoms with van der Waals surface area (Å²) in [5, 5.41) is 3.31. The minimum atomic E-state index is -0.423. The average molecular weight is 420 g/mol. The molecule has 2 aromatic carbocycles. The molecule has 3 amide bonds. The van der Waals surface area contributed by atoms with Gasteiger partial charge in [-0.3, -0.25) is 9.69 Å². The molecule has 1 aliphatic rings. The van der Waals surface area contributed by atoms with Crippen molar-refractivity contribution in [3.05, 3.63) is 93.4 Å². The van der Waals surface area contributed by atoms with Gasteiger partial charge in [0.15, 0.2) is 0 Å². The summed E-state index contributed by atoms with van der Waals surface area (Å²) in [4.78, 5) is 26.4. The number of amides is 3. The van der Waals surface area contributed by atoms with Gasteiger partial charge in [0.2, 0.25) is 0 Å². The van der Waals surface area contributed by atoms with E-state index in [1.807, 2.05) is 19.9 Å². The zero-order chi connectivity index (χ0) is 21.4. The molecule has 1 N–H and O–H groups in total. The van der Waals surface area contributed by atoms with Crippen molar-refractivity contribution in [3.63, 3.8) is 0 Å². The highest BCUT2D eigenvalue weighted by Gasteiger charge is 2.33. The number of hydrogen-bond donors (Lipinski definition) is 1. The van der Waals surface area contributed by atoms with E-state index in [1.54, 1.807) is 30.3 Å². The van der Waals surface area contributed by atoms with E-state index in [0.717, 1.165) is 28.2 Å². The molecule has 1 fully saturated rings. The van der Waals surface area contributed by atoms with E-state index < -0.39 is 6.03 Å². The Balaban J connectivity index is 1.61. The monoisotopic (exact) mass is 419 g/mol. The number of carbonyl (C=O) groups excluding carboxylic acids is 2. The van der Waals surface area contributed by atoms with Crippen LogP contribution in [0.5, 0.6) is 0 Å². The zero-order valence-corrected chi connectivity index (χ0v) is 17.8. The number of halogens is 1. The van der Waals surface area contributed by atoms with Crippen LogP contribution < -0.4 is 5.32 Å². The molecule has 1 aromatic heterocycles. The number of hydrogen-bond acceptors (Lipinski definition) is 2. The summed E-state index contributed by atoms with van der Waals surface area (Å²) in [6, 6.07) is 17.0. The van der Waals surface area contributed by atoms with Gasteiger partial charge < -0.3 is 9.88 Å². The van der Waals surface area contributed by atoms with Gasteiger partial charge in [-0.05, 0) is 68.3 Å². The van der Waals surface area contributed by atoms with E-state index in [-0.39, 0.29) is 18.1 Å². The normalized spacial score (nSPS) is 15.2. The third-order valence-electron chi connectivity index (χ3n) is 5.28. The number of aryl methyl sites for hydroxylation is 2. The molecule has 0 spiro atoms. The van der Waals surface area contributed by atoms with Crippen LogP contribution in [0.4, 0.5) is 4.79 Å². The largest absolute Gasteiger partial charge is 0.329 e. The van der Waals surface area contributed by atoms with Crippen molar-refractivity contribution >= 4 is 29.6 Å². The van der Waals surface area contributed by atoms with E-state index in [9.17, 15) is 9.59 Å². The summed E-state index contributed by atoms with van der Waals surface area (Å²) in [5.41, 5.74) is 6.32. The second-order valence-corrected chi connectivity index (χ2v) is 7.94. The summed E-state index contributed by atoms with van der Waals surface area (Å²) in [6.45, 7) is 6.28. The first-order valence-electron chi connectivity index (χ1n) is 9.68. The highest BCUT2D eigenvalue weighted by Crippen LogP contribution is 2.25. The third kappa shape index (κ3) is 3.76. The summed E-state index contributed by atoms with van der Waals surface area (Å²) in [5.74, 6) is -0.338. The van der Waals surface area contributed by atoms with E-state index in [1.165, 1.54) is 10.5 Å². The van der Waals surface area contributed by atoms with Gasteiger partial charge in [-0.15, -0.1) is 0 Å². The Bertz CT molecular complexity index is 1160. The number of imide groups is 1. The molecule has 2 heterocycles. The molecule has 3 aromatic rings.